The molecule has 2 aromatic rings. The van der Waals surface area contributed by atoms with Crippen LogP contribution in [0.25, 0.3) is 0 Å². The average Bonchev–Trinajstić information content (AvgIpc) is 2.68. The van der Waals surface area contributed by atoms with E-state index in [1.165, 1.54) is 25.5 Å². The molecule has 1 N–H and O–H groups in total. The summed E-state index contributed by atoms with van der Waals surface area (Å²) in [6.07, 6.45) is 5.08. The molecule has 0 spiro atoms. The summed E-state index contributed by atoms with van der Waals surface area (Å²) in [7, 11) is 0. The zero-order valence-corrected chi connectivity index (χ0v) is 21.4. The van der Waals surface area contributed by atoms with E-state index in [1.54, 1.807) is 0 Å². The van der Waals surface area contributed by atoms with Crippen molar-refractivity contribution in [2.45, 2.75) is 39.2 Å². The Morgan fingerprint density at radius 1 is 1.04 bits per heavy atom. The van der Waals surface area contributed by atoms with Gasteiger partial charge in [0.1, 0.15) is 0 Å². The van der Waals surface area contributed by atoms with Crippen LogP contribution in [0.3, 0.4) is 0 Å². The number of benzene rings is 2. The van der Waals surface area contributed by atoms with E-state index in [-0.39, 0.29) is 6.04 Å². The first-order valence-corrected chi connectivity index (χ1v) is 12.0. The predicted molar refractivity (Wildman–Crippen MR) is 108 cm³/mol. The second kappa shape index (κ2) is 11.1. The Labute approximate surface area is 174 Å². The summed E-state index contributed by atoms with van der Waals surface area (Å²) in [6.45, 7) is 8.64. The van der Waals surface area contributed by atoms with Gasteiger partial charge >= 0.3 is 175 Å². The van der Waals surface area contributed by atoms with Crippen molar-refractivity contribution in [1.82, 2.24) is 5.32 Å². The molecule has 0 atom stereocenters. The molecule has 0 amide bonds. The number of hydrogen-bond donors (Lipinski definition) is 1. The number of nitrogens with zero attached hydrogens (tertiary/aromatic N) is 1. The third-order valence-corrected chi connectivity index (χ3v) is 6.00. The molecule has 0 saturated carbocycles. The molecule has 26 heavy (non-hydrogen) atoms. The molecule has 0 heterocycles. The van der Waals surface area contributed by atoms with Gasteiger partial charge in [-0.15, -0.1) is 0 Å². The van der Waals surface area contributed by atoms with Gasteiger partial charge in [0.25, 0.3) is 0 Å². The van der Waals surface area contributed by atoms with Gasteiger partial charge in [-0.3, -0.25) is 0 Å². The minimum atomic E-state index is 0.000541. The van der Waals surface area contributed by atoms with Gasteiger partial charge in [-0.2, -0.15) is 0 Å². The Balaban J connectivity index is 2.28. The third kappa shape index (κ3) is 5.94. The summed E-state index contributed by atoms with van der Waals surface area (Å²) in [5.41, 5.74) is 5.06. The van der Waals surface area contributed by atoms with Crippen molar-refractivity contribution in [1.29, 1.82) is 0 Å². The first kappa shape index (κ1) is 20.6. The summed E-state index contributed by atoms with van der Waals surface area (Å²) in [5, 5.41) is 3.46. The first-order valence-electron chi connectivity index (χ1n) is 9.28. The SMILES string of the molecule is C=[C]([Hg])/C(CCC)=C(/CC)NC=NC(c1ccccc1)c1ccccc1. The van der Waals surface area contributed by atoms with Gasteiger partial charge in [-0.1, -0.05) is 0 Å². The number of aliphatic imine (C=N–C) groups is 1. The Morgan fingerprint density at radius 2 is 1.58 bits per heavy atom. The van der Waals surface area contributed by atoms with E-state index in [0.717, 1.165) is 19.3 Å². The summed E-state index contributed by atoms with van der Waals surface area (Å²) >= 11 is 0.564. The predicted octanol–water partition coefficient (Wildman–Crippen LogP) is 5.92. The molecule has 0 aromatic heterocycles. The maximum atomic E-state index is 4.87. The zero-order chi connectivity index (χ0) is 18.8. The topological polar surface area (TPSA) is 24.4 Å². The van der Waals surface area contributed by atoms with E-state index >= 15 is 0 Å². The van der Waals surface area contributed by atoms with E-state index in [4.69, 9.17) is 4.99 Å². The van der Waals surface area contributed by atoms with Gasteiger partial charge in [-0.05, 0) is 0 Å². The molecule has 0 aliphatic heterocycles. The standard InChI is InChI=1S/C23H27N2.Hg/c1-4-13-19(5-2)22(6-3)24-18-25-23(20-14-9-7-10-15-20)21-16-11-8-12-17-21;/h7-12,14-18,23H,2,4,6,13H2,1,3H3,(H,24,25);/b22-19+;. The van der Waals surface area contributed by atoms with Crippen molar-refractivity contribution in [3.63, 3.8) is 0 Å². The fourth-order valence-electron chi connectivity index (χ4n) is 3.02. The summed E-state index contributed by atoms with van der Waals surface area (Å²) < 4.78 is 1.33. The van der Waals surface area contributed by atoms with Gasteiger partial charge in [0.2, 0.25) is 0 Å². The molecule has 2 nitrogen and oxygen atoms in total. The van der Waals surface area contributed by atoms with Crippen molar-refractivity contribution in [3.05, 3.63) is 92.7 Å². The van der Waals surface area contributed by atoms with Crippen LogP contribution in [0.1, 0.15) is 50.3 Å². The number of allylic oxidation sites excluding steroid dienone is 3. The van der Waals surface area contributed by atoms with Crippen LogP contribution in [-0.4, -0.2) is 6.34 Å². The molecule has 0 unspecified atom stereocenters. The summed E-state index contributed by atoms with van der Waals surface area (Å²) in [4.78, 5) is 4.87. The van der Waals surface area contributed by atoms with Crippen LogP contribution >= 0.6 is 0 Å². The van der Waals surface area contributed by atoms with Gasteiger partial charge in [0.05, 0.1) is 0 Å². The fourth-order valence-corrected chi connectivity index (χ4v) is 4.54. The van der Waals surface area contributed by atoms with Crippen molar-refractivity contribution in [2.24, 2.45) is 4.99 Å². The molecule has 0 saturated heterocycles. The van der Waals surface area contributed by atoms with E-state index in [9.17, 15) is 0 Å². The summed E-state index contributed by atoms with van der Waals surface area (Å²) in [5.74, 6) is 0. The first-order chi connectivity index (χ1) is 12.7. The monoisotopic (exact) mass is 533 g/mol. The van der Waals surface area contributed by atoms with Crippen LogP contribution < -0.4 is 5.32 Å². The second-order valence-electron chi connectivity index (χ2n) is 6.31. The van der Waals surface area contributed by atoms with Crippen LogP contribution in [0.4, 0.5) is 0 Å². The molecule has 2 rings (SSSR count). The summed E-state index contributed by atoms with van der Waals surface area (Å²) in [6, 6.07) is 20.9. The van der Waals surface area contributed by atoms with E-state index in [2.05, 4.69) is 74.3 Å². The van der Waals surface area contributed by atoms with Crippen molar-refractivity contribution >= 4 is 6.34 Å². The third-order valence-electron chi connectivity index (χ3n) is 4.34. The Bertz CT molecular complexity index is 709. The fraction of sp³-hybridized carbons (Fsp3) is 0.261. The molecule has 0 aliphatic rings. The van der Waals surface area contributed by atoms with Crippen LogP contribution in [0.5, 0.6) is 0 Å². The van der Waals surface area contributed by atoms with Gasteiger partial charge in [0.15, 0.2) is 0 Å². The maximum absolute atomic E-state index is 4.87. The molecular formula is C23H27HgN2. The molecular weight excluding hydrogens is 505 g/mol. The van der Waals surface area contributed by atoms with Crippen LogP contribution in [-0.2, 0) is 26.1 Å². The number of nitrogens with one attached hydrogen (secondary N) is 1. The van der Waals surface area contributed by atoms with E-state index in [0.29, 0.717) is 26.1 Å². The van der Waals surface area contributed by atoms with Gasteiger partial charge < -0.3 is 0 Å². The van der Waals surface area contributed by atoms with E-state index in [1.807, 2.05) is 18.5 Å². The van der Waals surface area contributed by atoms with Gasteiger partial charge in [0, 0.05) is 0 Å². The Morgan fingerprint density at radius 3 is 2.00 bits per heavy atom. The van der Waals surface area contributed by atoms with E-state index < -0.39 is 0 Å². The molecule has 0 aliphatic carbocycles. The van der Waals surface area contributed by atoms with Crippen LogP contribution in [0, 0.1) is 0 Å². The number of rotatable bonds is 9. The van der Waals surface area contributed by atoms with Gasteiger partial charge in [-0.25, -0.2) is 0 Å². The molecule has 0 fully saturated rings. The van der Waals surface area contributed by atoms with Crippen molar-refractivity contribution in [3.8, 4) is 0 Å². The minimum absolute atomic E-state index is 0.000541. The van der Waals surface area contributed by atoms with Crippen LogP contribution in [0.2, 0.25) is 0 Å². The quantitative estimate of drug-likeness (QED) is 0.185. The van der Waals surface area contributed by atoms with Crippen LogP contribution in [0.15, 0.2) is 86.6 Å². The van der Waals surface area contributed by atoms with Crippen molar-refractivity contribution in [2.75, 3.05) is 0 Å². The normalized spacial score (nSPS) is 12.3. The van der Waals surface area contributed by atoms with Crippen molar-refractivity contribution < 1.29 is 26.1 Å². The molecule has 0 bridgehead atoms. The molecule has 0 radical (unpaired) electrons. The Hall–Kier alpha value is -1.67. The second-order valence-corrected chi connectivity index (χ2v) is 9.63. The zero-order valence-electron chi connectivity index (χ0n) is 15.9. The molecule has 131 valence electrons. The number of hydrogen-bond acceptors (Lipinski definition) is 1. The molecule has 3 heteroatoms. The molecule has 2 aromatic carbocycles. The average molecular weight is 532 g/mol. The Kier molecular flexibility index (Phi) is 8.83.